The number of nitrogens with zero attached hydrogens (tertiary/aromatic N) is 1. The minimum absolute atomic E-state index is 0.174. The molecule has 0 saturated carbocycles. The molecule has 0 unspecified atom stereocenters. The summed E-state index contributed by atoms with van der Waals surface area (Å²) in [6.45, 7) is 4.01. The number of morpholine rings is 1. The first-order chi connectivity index (χ1) is 10.5. The Hall–Kier alpha value is -1.70. The first-order valence-electron chi connectivity index (χ1n) is 7.18. The molecule has 0 aromatic heterocycles. The van der Waals surface area contributed by atoms with Gasteiger partial charge < -0.3 is 10.1 Å². The number of hydrogen-bond donors (Lipinski definition) is 1. The van der Waals surface area contributed by atoms with Gasteiger partial charge in [0.05, 0.1) is 18.1 Å². The van der Waals surface area contributed by atoms with Crippen molar-refractivity contribution in [1.29, 1.82) is 0 Å². The Morgan fingerprint density at radius 1 is 1.27 bits per heavy atom. The summed E-state index contributed by atoms with van der Waals surface area (Å²) in [6.07, 6.45) is 3.07. The zero-order chi connectivity index (χ0) is 16.0. The first-order valence-corrected chi connectivity index (χ1v) is 8.62. The average molecular weight is 324 g/mol. The molecule has 1 aromatic rings. The fraction of sp³-hybridized carbons (Fsp3) is 0.400. The van der Waals surface area contributed by atoms with Crippen molar-refractivity contribution in [1.82, 2.24) is 9.62 Å². The Morgan fingerprint density at radius 2 is 1.91 bits per heavy atom. The summed E-state index contributed by atoms with van der Waals surface area (Å²) in [6, 6.07) is 6.48. The van der Waals surface area contributed by atoms with Gasteiger partial charge in [0.25, 0.3) is 0 Å². The molecule has 1 aromatic carbocycles. The van der Waals surface area contributed by atoms with Gasteiger partial charge in [-0.05, 0) is 30.7 Å². The van der Waals surface area contributed by atoms with Crippen molar-refractivity contribution < 1.29 is 17.9 Å². The smallest absolute Gasteiger partial charge is 0.243 e. The van der Waals surface area contributed by atoms with Crippen molar-refractivity contribution in [3.05, 3.63) is 35.9 Å². The predicted octanol–water partition coefficient (Wildman–Crippen LogP) is 0.857. The molecule has 0 atom stereocenters. The monoisotopic (exact) mass is 324 g/mol. The van der Waals surface area contributed by atoms with Crippen molar-refractivity contribution in [3.8, 4) is 0 Å². The van der Waals surface area contributed by atoms with Crippen molar-refractivity contribution in [3.63, 3.8) is 0 Å². The molecule has 1 heterocycles. The molecule has 1 aliphatic heterocycles. The van der Waals surface area contributed by atoms with Crippen molar-refractivity contribution in [2.75, 3.05) is 32.8 Å². The molecule has 1 aliphatic rings. The number of sulfonamides is 1. The SMILES string of the molecule is CCNC(=O)/C=C/c1ccc(S(=O)(=O)N2CCOCC2)cc1. The van der Waals surface area contributed by atoms with Gasteiger partial charge in [-0.1, -0.05) is 12.1 Å². The number of carbonyl (C=O) groups excluding carboxylic acids is 1. The summed E-state index contributed by atoms with van der Waals surface area (Å²) in [5.74, 6) is -0.174. The third-order valence-corrected chi connectivity index (χ3v) is 5.18. The van der Waals surface area contributed by atoms with Crippen LogP contribution < -0.4 is 5.32 Å². The van der Waals surface area contributed by atoms with Crippen molar-refractivity contribution in [2.24, 2.45) is 0 Å². The summed E-state index contributed by atoms with van der Waals surface area (Å²) >= 11 is 0. The molecule has 1 fully saturated rings. The van der Waals surface area contributed by atoms with Gasteiger partial charge in [-0.3, -0.25) is 4.79 Å². The van der Waals surface area contributed by atoms with E-state index in [4.69, 9.17) is 4.74 Å². The highest BCUT2D eigenvalue weighted by atomic mass is 32.2. The number of ether oxygens (including phenoxy) is 1. The van der Waals surface area contributed by atoms with Crippen LogP contribution in [0.15, 0.2) is 35.2 Å². The second-order valence-electron chi connectivity index (χ2n) is 4.81. The van der Waals surface area contributed by atoms with E-state index < -0.39 is 10.0 Å². The molecule has 6 nitrogen and oxygen atoms in total. The standard InChI is InChI=1S/C15H20N2O4S/c1-2-16-15(18)8-5-13-3-6-14(7-4-13)22(19,20)17-9-11-21-12-10-17/h3-8H,2,9-12H2,1H3,(H,16,18)/b8-5+. The lowest BCUT2D eigenvalue weighted by molar-refractivity contribution is -0.116. The third-order valence-electron chi connectivity index (χ3n) is 3.27. The van der Waals surface area contributed by atoms with Crippen LogP contribution >= 0.6 is 0 Å². The van der Waals surface area contributed by atoms with Crippen LogP contribution in [0, 0.1) is 0 Å². The van der Waals surface area contributed by atoms with Crippen LogP contribution in [0.3, 0.4) is 0 Å². The summed E-state index contributed by atoms with van der Waals surface area (Å²) in [7, 11) is -3.47. The second kappa shape index (κ2) is 7.53. The van der Waals surface area contributed by atoms with Crippen molar-refractivity contribution >= 4 is 22.0 Å². The Morgan fingerprint density at radius 3 is 2.50 bits per heavy atom. The van der Waals surface area contributed by atoms with Crippen LogP contribution in [0.5, 0.6) is 0 Å². The molecule has 1 N–H and O–H groups in total. The molecule has 1 amide bonds. The number of rotatable bonds is 5. The summed E-state index contributed by atoms with van der Waals surface area (Å²) in [4.78, 5) is 11.6. The summed E-state index contributed by atoms with van der Waals surface area (Å²) < 4.78 is 31.5. The Bertz CT molecular complexity index is 632. The lowest BCUT2D eigenvalue weighted by Crippen LogP contribution is -2.40. The first kappa shape index (κ1) is 16.7. The van der Waals surface area contributed by atoms with E-state index in [0.29, 0.717) is 32.8 Å². The Kier molecular flexibility index (Phi) is 5.70. The van der Waals surface area contributed by atoms with E-state index in [1.165, 1.54) is 10.4 Å². The van der Waals surface area contributed by atoms with E-state index in [-0.39, 0.29) is 10.8 Å². The highest BCUT2D eigenvalue weighted by molar-refractivity contribution is 7.89. The van der Waals surface area contributed by atoms with Crippen LogP contribution in [0.4, 0.5) is 0 Å². The molecule has 0 spiro atoms. The Labute approximate surface area is 130 Å². The van der Waals surface area contributed by atoms with Crippen molar-refractivity contribution in [2.45, 2.75) is 11.8 Å². The second-order valence-corrected chi connectivity index (χ2v) is 6.75. The van der Waals surface area contributed by atoms with Crippen LogP contribution in [0.25, 0.3) is 6.08 Å². The highest BCUT2D eigenvalue weighted by Gasteiger charge is 2.25. The van der Waals surface area contributed by atoms with Crippen LogP contribution in [-0.2, 0) is 19.6 Å². The number of amides is 1. The zero-order valence-electron chi connectivity index (χ0n) is 12.5. The molecule has 0 bridgehead atoms. The number of hydrogen-bond acceptors (Lipinski definition) is 4. The fourth-order valence-corrected chi connectivity index (χ4v) is 3.50. The van der Waals surface area contributed by atoms with Crippen LogP contribution in [-0.4, -0.2) is 51.5 Å². The zero-order valence-corrected chi connectivity index (χ0v) is 13.3. The van der Waals surface area contributed by atoms with Gasteiger partial charge in [-0.2, -0.15) is 4.31 Å². The van der Waals surface area contributed by atoms with Crippen LogP contribution in [0.2, 0.25) is 0 Å². The number of nitrogens with one attached hydrogen (secondary N) is 1. The third kappa shape index (κ3) is 4.16. The molecule has 120 valence electrons. The minimum atomic E-state index is -3.47. The molecule has 0 radical (unpaired) electrons. The molecule has 22 heavy (non-hydrogen) atoms. The average Bonchev–Trinajstić information content (AvgIpc) is 2.54. The van der Waals surface area contributed by atoms with Gasteiger partial charge in [0.2, 0.25) is 15.9 Å². The lowest BCUT2D eigenvalue weighted by Gasteiger charge is -2.26. The van der Waals surface area contributed by atoms with E-state index >= 15 is 0 Å². The van der Waals surface area contributed by atoms with E-state index in [9.17, 15) is 13.2 Å². The van der Waals surface area contributed by atoms with Gasteiger partial charge in [0, 0.05) is 25.7 Å². The maximum atomic E-state index is 12.4. The summed E-state index contributed by atoms with van der Waals surface area (Å²) in [5.41, 5.74) is 0.771. The molecule has 0 aliphatic carbocycles. The maximum Gasteiger partial charge on any atom is 0.243 e. The summed E-state index contributed by atoms with van der Waals surface area (Å²) in [5, 5.41) is 2.65. The van der Waals surface area contributed by atoms with Gasteiger partial charge in [0.1, 0.15) is 0 Å². The minimum Gasteiger partial charge on any atom is -0.379 e. The van der Waals surface area contributed by atoms with Gasteiger partial charge in [-0.15, -0.1) is 0 Å². The number of carbonyl (C=O) groups is 1. The van der Waals surface area contributed by atoms with E-state index in [1.54, 1.807) is 30.3 Å². The predicted molar refractivity (Wildman–Crippen MR) is 83.7 cm³/mol. The lowest BCUT2D eigenvalue weighted by atomic mass is 10.2. The van der Waals surface area contributed by atoms with E-state index in [0.717, 1.165) is 5.56 Å². The molecule has 2 rings (SSSR count). The van der Waals surface area contributed by atoms with E-state index in [2.05, 4.69) is 5.32 Å². The van der Waals surface area contributed by atoms with Crippen LogP contribution in [0.1, 0.15) is 12.5 Å². The highest BCUT2D eigenvalue weighted by Crippen LogP contribution is 2.18. The maximum absolute atomic E-state index is 12.4. The number of likely N-dealkylation sites (N-methyl/N-ethyl adjacent to an activating group) is 1. The topological polar surface area (TPSA) is 75.7 Å². The quantitative estimate of drug-likeness (QED) is 0.815. The molecular weight excluding hydrogens is 304 g/mol. The molecular formula is C15H20N2O4S. The van der Waals surface area contributed by atoms with Gasteiger partial charge in [-0.25, -0.2) is 8.42 Å². The normalized spacial score (nSPS) is 16.8. The van der Waals surface area contributed by atoms with Gasteiger partial charge in [0.15, 0.2) is 0 Å². The molecule has 1 saturated heterocycles. The largest absolute Gasteiger partial charge is 0.379 e. The molecule has 7 heteroatoms. The van der Waals surface area contributed by atoms with Gasteiger partial charge >= 0.3 is 0 Å². The van der Waals surface area contributed by atoms with E-state index in [1.807, 2.05) is 6.92 Å². The fourth-order valence-electron chi connectivity index (χ4n) is 2.09. The Balaban J connectivity index is 2.09. The number of benzene rings is 1.